The van der Waals surface area contributed by atoms with Crippen molar-refractivity contribution in [1.82, 2.24) is 5.32 Å². The first-order valence-corrected chi connectivity index (χ1v) is 10.4. The minimum atomic E-state index is -0.414. The first kappa shape index (κ1) is 21.9. The number of halogens is 1. The van der Waals surface area contributed by atoms with E-state index in [2.05, 4.69) is 21.2 Å². The lowest BCUT2D eigenvalue weighted by Crippen LogP contribution is -2.32. The van der Waals surface area contributed by atoms with E-state index in [0.717, 1.165) is 29.5 Å². The Labute approximate surface area is 184 Å². The Morgan fingerprint density at radius 1 is 1.30 bits per heavy atom. The molecule has 0 aromatic heterocycles. The highest BCUT2D eigenvalue weighted by atomic mass is 79.9. The lowest BCUT2D eigenvalue weighted by atomic mass is 10.1. The number of nitriles is 1. The number of ether oxygens (including phenoxy) is 3. The second-order valence-electron chi connectivity index (χ2n) is 6.84. The number of hydrogen-bond donors (Lipinski definition) is 1. The van der Waals surface area contributed by atoms with Crippen molar-refractivity contribution >= 4 is 27.9 Å². The third kappa shape index (κ3) is 6.09. The fraction of sp³-hybridized carbons (Fsp3) is 0.304. The van der Waals surface area contributed by atoms with Gasteiger partial charge < -0.3 is 19.5 Å². The van der Waals surface area contributed by atoms with Crippen molar-refractivity contribution in [2.75, 3.05) is 20.3 Å². The van der Waals surface area contributed by atoms with Crippen LogP contribution in [0, 0.1) is 11.3 Å². The van der Waals surface area contributed by atoms with E-state index in [0.29, 0.717) is 30.2 Å². The molecule has 0 unspecified atom stereocenters. The molecule has 0 saturated carbocycles. The molecule has 1 atom stereocenters. The van der Waals surface area contributed by atoms with Crippen molar-refractivity contribution in [3.63, 3.8) is 0 Å². The standard InChI is InChI=1S/C23H23BrN2O4/c1-28-22-12-17(6-9-21(22)30-15-16-4-7-19(24)8-5-16)11-18(13-25)23(27)26-14-20-3-2-10-29-20/h4-9,11-12,20H,2-3,10,14-15H2,1H3,(H,26,27)/b18-11+/t20-/m0/s1. The molecule has 0 radical (unpaired) electrons. The summed E-state index contributed by atoms with van der Waals surface area (Å²) in [6.07, 6.45) is 3.48. The largest absolute Gasteiger partial charge is 0.493 e. The van der Waals surface area contributed by atoms with Gasteiger partial charge in [-0.2, -0.15) is 5.26 Å². The van der Waals surface area contributed by atoms with Crippen molar-refractivity contribution in [2.24, 2.45) is 0 Å². The van der Waals surface area contributed by atoms with Crippen LogP contribution >= 0.6 is 15.9 Å². The first-order chi connectivity index (χ1) is 14.6. The average molecular weight is 471 g/mol. The van der Waals surface area contributed by atoms with Crippen LogP contribution in [0.4, 0.5) is 0 Å². The fourth-order valence-electron chi connectivity index (χ4n) is 3.06. The molecule has 2 aromatic carbocycles. The number of benzene rings is 2. The molecule has 1 fully saturated rings. The van der Waals surface area contributed by atoms with E-state index in [1.54, 1.807) is 25.3 Å². The van der Waals surface area contributed by atoms with Crippen LogP contribution in [-0.4, -0.2) is 32.3 Å². The molecule has 0 bridgehead atoms. The third-order valence-corrected chi connectivity index (χ3v) is 5.21. The number of carbonyl (C=O) groups excluding carboxylic acids is 1. The van der Waals surface area contributed by atoms with Crippen molar-refractivity contribution in [3.05, 3.63) is 63.6 Å². The molecule has 30 heavy (non-hydrogen) atoms. The Bertz CT molecular complexity index is 945. The van der Waals surface area contributed by atoms with Crippen molar-refractivity contribution in [1.29, 1.82) is 5.26 Å². The van der Waals surface area contributed by atoms with Crippen LogP contribution in [0.3, 0.4) is 0 Å². The summed E-state index contributed by atoms with van der Waals surface area (Å²) >= 11 is 3.41. The van der Waals surface area contributed by atoms with Crippen LogP contribution in [0.15, 0.2) is 52.5 Å². The molecule has 6 nitrogen and oxygen atoms in total. The smallest absolute Gasteiger partial charge is 0.262 e. The van der Waals surface area contributed by atoms with E-state index in [-0.39, 0.29) is 11.7 Å². The molecular weight excluding hydrogens is 448 g/mol. The van der Waals surface area contributed by atoms with Gasteiger partial charge in [0.25, 0.3) is 5.91 Å². The van der Waals surface area contributed by atoms with Gasteiger partial charge in [-0.25, -0.2) is 0 Å². The van der Waals surface area contributed by atoms with Crippen LogP contribution < -0.4 is 14.8 Å². The molecule has 2 aromatic rings. The molecule has 0 spiro atoms. The second kappa shape index (κ2) is 10.8. The first-order valence-electron chi connectivity index (χ1n) is 9.66. The molecule has 7 heteroatoms. The second-order valence-corrected chi connectivity index (χ2v) is 7.76. The van der Waals surface area contributed by atoms with Crippen molar-refractivity contribution in [3.8, 4) is 17.6 Å². The number of carbonyl (C=O) groups is 1. The summed E-state index contributed by atoms with van der Waals surface area (Å²) in [5.41, 5.74) is 1.73. The van der Waals surface area contributed by atoms with Gasteiger partial charge >= 0.3 is 0 Å². The molecule has 0 aliphatic carbocycles. The summed E-state index contributed by atoms with van der Waals surface area (Å²) in [5.74, 6) is 0.694. The van der Waals surface area contributed by atoms with Gasteiger partial charge in [-0.3, -0.25) is 4.79 Å². The molecule has 156 valence electrons. The number of amides is 1. The molecule has 1 N–H and O–H groups in total. The predicted octanol–water partition coefficient (Wildman–Crippen LogP) is 4.24. The Hall–Kier alpha value is -2.82. The maximum atomic E-state index is 12.3. The zero-order valence-corrected chi connectivity index (χ0v) is 18.3. The molecular formula is C23H23BrN2O4. The van der Waals surface area contributed by atoms with Gasteiger partial charge in [0.2, 0.25) is 0 Å². The van der Waals surface area contributed by atoms with Crippen LogP contribution in [-0.2, 0) is 16.1 Å². The van der Waals surface area contributed by atoms with Gasteiger partial charge in [0.05, 0.1) is 13.2 Å². The number of nitrogens with one attached hydrogen (secondary N) is 1. The van der Waals surface area contributed by atoms with Crippen LogP contribution in [0.25, 0.3) is 6.08 Å². The minimum absolute atomic E-state index is 0.0242. The van der Waals surface area contributed by atoms with E-state index in [4.69, 9.17) is 14.2 Å². The van der Waals surface area contributed by atoms with Gasteiger partial charge in [-0.05, 0) is 54.3 Å². The Morgan fingerprint density at radius 3 is 2.77 bits per heavy atom. The summed E-state index contributed by atoms with van der Waals surface area (Å²) in [4.78, 5) is 12.3. The summed E-state index contributed by atoms with van der Waals surface area (Å²) in [5, 5.41) is 12.2. The highest BCUT2D eigenvalue weighted by Crippen LogP contribution is 2.30. The summed E-state index contributed by atoms with van der Waals surface area (Å²) in [6, 6.07) is 15.1. The molecule has 1 amide bonds. The lowest BCUT2D eigenvalue weighted by Gasteiger charge is -2.12. The maximum Gasteiger partial charge on any atom is 0.262 e. The number of hydrogen-bond acceptors (Lipinski definition) is 5. The summed E-state index contributed by atoms with van der Waals surface area (Å²) in [6.45, 7) is 1.52. The van der Waals surface area contributed by atoms with E-state index in [1.807, 2.05) is 30.3 Å². The van der Waals surface area contributed by atoms with Gasteiger partial charge in [-0.15, -0.1) is 0 Å². The minimum Gasteiger partial charge on any atom is -0.493 e. The molecule has 1 heterocycles. The highest BCUT2D eigenvalue weighted by molar-refractivity contribution is 9.10. The maximum absolute atomic E-state index is 12.3. The monoisotopic (exact) mass is 470 g/mol. The van der Waals surface area contributed by atoms with Gasteiger partial charge in [0, 0.05) is 17.6 Å². The predicted molar refractivity (Wildman–Crippen MR) is 117 cm³/mol. The van der Waals surface area contributed by atoms with Gasteiger partial charge in [0.15, 0.2) is 11.5 Å². The fourth-order valence-corrected chi connectivity index (χ4v) is 3.32. The Kier molecular flexibility index (Phi) is 7.89. The molecule has 3 rings (SSSR count). The lowest BCUT2D eigenvalue weighted by molar-refractivity contribution is -0.117. The average Bonchev–Trinajstić information content (AvgIpc) is 3.29. The van der Waals surface area contributed by atoms with Gasteiger partial charge in [-0.1, -0.05) is 34.1 Å². The normalized spacial score (nSPS) is 16.0. The molecule has 1 saturated heterocycles. The van der Waals surface area contributed by atoms with Gasteiger partial charge in [0.1, 0.15) is 18.2 Å². The Balaban J connectivity index is 1.66. The Morgan fingerprint density at radius 2 is 2.10 bits per heavy atom. The zero-order valence-electron chi connectivity index (χ0n) is 16.7. The molecule has 1 aliphatic rings. The van der Waals surface area contributed by atoms with E-state index >= 15 is 0 Å². The van der Waals surface area contributed by atoms with Crippen molar-refractivity contribution < 1.29 is 19.0 Å². The number of rotatable bonds is 8. The van der Waals surface area contributed by atoms with Crippen LogP contribution in [0.5, 0.6) is 11.5 Å². The summed E-state index contributed by atoms with van der Waals surface area (Å²) in [7, 11) is 1.55. The van der Waals surface area contributed by atoms with E-state index in [1.165, 1.54) is 6.08 Å². The van der Waals surface area contributed by atoms with Crippen LogP contribution in [0.1, 0.15) is 24.0 Å². The van der Waals surface area contributed by atoms with E-state index < -0.39 is 5.91 Å². The number of methoxy groups -OCH3 is 1. The number of nitrogens with zero attached hydrogens (tertiary/aromatic N) is 1. The molecule has 1 aliphatic heterocycles. The van der Waals surface area contributed by atoms with E-state index in [9.17, 15) is 10.1 Å². The highest BCUT2D eigenvalue weighted by Gasteiger charge is 2.17. The SMILES string of the molecule is COc1cc(/C=C(\C#N)C(=O)NC[C@@H]2CCCO2)ccc1OCc1ccc(Br)cc1. The zero-order chi connectivity index (χ0) is 21.3. The van der Waals surface area contributed by atoms with Crippen molar-refractivity contribution in [2.45, 2.75) is 25.6 Å². The quantitative estimate of drug-likeness (QED) is 0.460. The topological polar surface area (TPSA) is 80.6 Å². The van der Waals surface area contributed by atoms with Crippen LogP contribution in [0.2, 0.25) is 0 Å². The third-order valence-electron chi connectivity index (χ3n) is 4.69. The summed E-state index contributed by atoms with van der Waals surface area (Å²) < 4.78 is 17.8.